The minimum absolute atomic E-state index is 0.215. The molecule has 1 aliphatic heterocycles. The number of halogens is 1. The van der Waals surface area contributed by atoms with Crippen LogP contribution < -0.4 is 16.0 Å². The first-order chi connectivity index (χ1) is 17.0. The molecule has 0 atom stereocenters. The van der Waals surface area contributed by atoms with Crippen molar-refractivity contribution in [3.63, 3.8) is 0 Å². The molecule has 8 nitrogen and oxygen atoms in total. The Kier molecular flexibility index (Phi) is 5.79. The summed E-state index contributed by atoms with van der Waals surface area (Å²) in [6.07, 6.45) is 6.89. The molecular weight excluding hydrogens is 445 g/mol. The van der Waals surface area contributed by atoms with Crippen molar-refractivity contribution in [2.75, 3.05) is 23.3 Å². The third-order valence-corrected chi connectivity index (χ3v) is 6.66. The second-order valence-electron chi connectivity index (χ2n) is 8.76. The predicted molar refractivity (Wildman–Crippen MR) is 132 cm³/mol. The van der Waals surface area contributed by atoms with Gasteiger partial charge in [0.25, 0.3) is 5.91 Å². The van der Waals surface area contributed by atoms with E-state index in [1.54, 1.807) is 23.0 Å². The Morgan fingerprint density at radius 3 is 2.60 bits per heavy atom. The zero-order valence-corrected chi connectivity index (χ0v) is 19.0. The maximum atomic E-state index is 13.3. The summed E-state index contributed by atoms with van der Waals surface area (Å²) >= 11 is 0. The molecule has 1 aliphatic rings. The Bertz CT molecular complexity index is 1410. The molecule has 0 unspecified atom stereocenters. The van der Waals surface area contributed by atoms with Crippen LogP contribution in [0.1, 0.15) is 29.6 Å². The SMILES string of the molecule is N#CCC1(n2cc(C(N)=O)c(Nc3ccc(F)cc3)n2)CCN(c2cncc3ccccc23)CC1. The Labute approximate surface area is 201 Å². The zero-order chi connectivity index (χ0) is 24.4. The molecule has 0 aliphatic carbocycles. The van der Waals surface area contributed by atoms with E-state index in [2.05, 4.69) is 32.4 Å². The Morgan fingerprint density at radius 2 is 1.89 bits per heavy atom. The number of piperidine rings is 1. The number of nitriles is 1. The highest BCUT2D eigenvalue weighted by molar-refractivity contribution is 5.98. The fourth-order valence-electron chi connectivity index (χ4n) is 4.71. The van der Waals surface area contributed by atoms with Gasteiger partial charge in [-0.05, 0) is 37.1 Å². The normalized spacial score (nSPS) is 15.0. The van der Waals surface area contributed by atoms with Crippen LogP contribution in [0.25, 0.3) is 10.8 Å². The van der Waals surface area contributed by atoms with Crippen molar-refractivity contribution in [1.82, 2.24) is 14.8 Å². The molecule has 1 amide bonds. The molecule has 176 valence electrons. The van der Waals surface area contributed by atoms with Crippen LogP contribution in [0, 0.1) is 17.1 Å². The zero-order valence-electron chi connectivity index (χ0n) is 19.0. The first-order valence-electron chi connectivity index (χ1n) is 11.4. The first-order valence-corrected chi connectivity index (χ1v) is 11.4. The molecule has 3 heterocycles. The number of nitrogens with one attached hydrogen (secondary N) is 1. The van der Waals surface area contributed by atoms with Crippen molar-refractivity contribution < 1.29 is 9.18 Å². The molecule has 0 radical (unpaired) electrons. The van der Waals surface area contributed by atoms with E-state index in [4.69, 9.17) is 5.73 Å². The van der Waals surface area contributed by atoms with E-state index in [-0.39, 0.29) is 23.6 Å². The van der Waals surface area contributed by atoms with Crippen molar-refractivity contribution in [2.24, 2.45) is 5.73 Å². The fraction of sp³-hybridized carbons (Fsp3) is 0.231. The number of rotatable bonds is 6. The summed E-state index contributed by atoms with van der Waals surface area (Å²) in [5, 5.41) is 19.6. The molecule has 1 fully saturated rings. The van der Waals surface area contributed by atoms with Crippen molar-refractivity contribution in [3.05, 3.63) is 78.5 Å². The molecular formula is C26H24FN7O. The average Bonchev–Trinajstić information content (AvgIpc) is 3.31. The van der Waals surface area contributed by atoms with E-state index in [0.29, 0.717) is 31.6 Å². The van der Waals surface area contributed by atoms with E-state index >= 15 is 0 Å². The Morgan fingerprint density at radius 1 is 1.14 bits per heavy atom. The molecule has 2 aromatic heterocycles. The number of carbonyl (C=O) groups excluding carboxylic acids is 1. The highest BCUT2D eigenvalue weighted by Gasteiger charge is 2.38. The number of primary amides is 1. The Hall–Kier alpha value is -4.45. The van der Waals surface area contributed by atoms with Crippen LogP contribution in [0.2, 0.25) is 0 Å². The van der Waals surface area contributed by atoms with Gasteiger partial charge in [-0.3, -0.25) is 14.5 Å². The summed E-state index contributed by atoms with van der Waals surface area (Å²) in [6, 6.07) is 16.2. The summed E-state index contributed by atoms with van der Waals surface area (Å²) in [5.74, 6) is -0.716. The van der Waals surface area contributed by atoms with Gasteiger partial charge in [0.1, 0.15) is 11.4 Å². The highest BCUT2D eigenvalue weighted by Crippen LogP contribution is 2.37. The number of nitrogens with two attached hydrogens (primary N) is 1. The van der Waals surface area contributed by atoms with Gasteiger partial charge in [0, 0.05) is 41.9 Å². The summed E-state index contributed by atoms with van der Waals surface area (Å²) in [5.41, 5.74) is 6.90. The summed E-state index contributed by atoms with van der Waals surface area (Å²) in [6.45, 7) is 1.40. The van der Waals surface area contributed by atoms with Gasteiger partial charge < -0.3 is 16.0 Å². The van der Waals surface area contributed by atoms with Gasteiger partial charge in [0.05, 0.1) is 29.9 Å². The minimum Gasteiger partial charge on any atom is -0.370 e. The lowest BCUT2D eigenvalue weighted by atomic mass is 9.84. The maximum absolute atomic E-state index is 13.3. The lowest BCUT2D eigenvalue weighted by Crippen LogP contribution is -2.46. The molecule has 1 saturated heterocycles. The molecule has 4 aromatic rings. The number of benzene rings is 2. The number of anilines is 3. The van der Waals surface area contributed by atoms with Crippen molar-refractivity contribution in [2.45, 2.75) is 24.8 Å². The quantitative estimate of drug-likeness (QED) is 0.435. The molecule has 0 spiro atoms. The number of nitrogens with zero attached hydrogens (tertiary/aromatic N) is 5. The van der Waals surface area contributed by atoms with Gasteiger partial charge in [-0.2, -0.15) is 10.4 Å². The van der Waals surface area contributed by atoms with E-state index < -0.39 is 11.4 Å². The van der Waals surface area contributed by atoms with Crippen molar-refractivity contribution in [3.8, 4) is 6.07 Å². The second-order valence-corrected chi connectivity index (χ2v) is 8.76. The summed E-state index contributed by atoms with van der Waals surface area (Å²) in [4.78, 5) is 18.9. The minimum atomic E-state index is -0.632. The number of carbonyl (C=O) groups is 1. The van der Waals surface area contributed by atoms with Crippen molar-refractivity contribution in [1.29, 1.82) is 5.26 Å². The van der Waals surface area contributed by atoms with Crippen LogP contribution in [-0.4, -0.2) is 33.8 Å². The van der Waals surface area contributed by atoms with E-state index in [1.165, 1.54) is 12.1 Å². The smallest absolute Gasteiger partial charge is 0.254 e. The number of fused-ring (bicyclic) bond motifs is 1. The molecule has 35 heavy (non-hydrogen) atoms. The lowest BCUT2D eigenvalue weighted by Gasteiger charge is -2.41. The molecule has 2 aromatic carbocycles. The third kappa shape index (κ3) is 4.26. The summed E-state index contributed by atoms with van der Waals surface area (Å²) < 4.78 is 15.0. The fourth-order valence-corrected chi connectivity index (χ4v) is 4.71. The van der Waals surface area contributed by atoms with Crippen LogP contribution in [0.15, 0.2) is 67.1 Å². The third-order valence-electron chi connectivity index (χ3n) is 6.66. The van der Waals surface area contributed by atoms with Gasteiger partial charge in [-0.15, -0.1) is 0 Å². The monoisotopic (exact) mass is 469 g/mol. The topological polar surface area (TPSA) is 113 Å². The molecule has 3 N–H and O–H groups in total. The molecule has 5 rings (SSSR count). The highest BCUT2D eigenvalue weighted by atomic mass is 19.1. The van der Waals surface area contributed by atoms with Crippen LogP contribution in [0.3, 0.4) is 0 Å². The van der Waals surface area contributed by atoms with E-state index in [1.807, 2.05) is 30.6 Å². The standard InChI is InChI=1S/C26H24FN7O/c27-19-5-7-20(8-6-19)31-25-22(24(29)35)17-34(32-25)26(9-12-28)10-13-33(14-11-26)23-16-30-15-18-3-1-2-4-21(18)23/h1-8,15-17H,9-11,13-14H2,(H2,29,35)(H,31,32). The van der Waals surface area contributed by atoms with Gasteiger partial charge in [0.2, 0.25) is 0 Å². The number of amides is 1. The lowest BCUT2D eigenvalue weighted by molar-refractivity contribution is 0.100. The van der Waals surface area contributed by atoms with E-state index in [9.17, 15) is 14.4 Å². The van der Waals surface area contributed by atoms with Gasteiger partial charge >= 0.3 is 0 Å². The van der Waals surface area contributed by atoms with Gasteiger partial charge in [0.15, 0.2) is 5.82 Å². The van der Waals surface area contributed by atoms with Gasteiger partial charge in [-0.25, -0.2) is 4.39 Å². The number of hydrogen-bond donors (Lipinski definition) is 2. The molecule has 9 heteroatoms. The van der Waals surface area contributed by atoms with Crippen LogP contribution in [-0.2, 0) is 5.54 Å². The predicted octanol–water partition coefficient (Wildman–Crippen LogP) is 4.32. The van der Waals surface area contributed by atoms with Crippen LogP contribution in [0.5, 0.6) is 0 Å². The van der Waals surface area contributed by atoms with Crippen LogP contribution in [0.4, 0.5) is 21.6 Å². The van der Waals surface area contributed by atoms with Gasteiger partial charge in [-0.1, -0.05) is 24.3 Å². The first kappa shape index (κ1) is 22.3. The maximum Gasteiger partial charge on any atom is 0.254 e. The Balaban J connectivity index is 1.44. The summed E-state index contributed by atoms with van der Waals surface area (Å²) in [7, 11) is 0. The van der Waals surface area contributed by atoms with E-state index in [0.717, 1.165) is 16.5 Å². The van der Waals surface area contributed by atoms with Crippen LogP contribution >= 0.6 is 0 Å². The number of aromatic nitrogens is 3. The molecule has 0 saturated carbocycles. The average molecular weight is 470 g/mol. The second kappa shape index (κ2) is 9.06. The largest absolute Gasteiger partial charge is 0.370 e. The van der Waals surface area contributed by atoms with Crippen molar-refractivity contribution >= 4 is 33.9 Å². The number of hydrogen-bond acceptors (Lipinski definition) is 6. The number of pyridine rings is 1. The molecule has 0 bridgehead atoms.